The molecule has 0 aliphatic rings. The van der Waals surface area contributed by atoms with E-state index in [0.29, 0.717) is 17.9 Å². The molecule has 2 heterocycles. The van der Waals surface area contributed by atoms with Crippen LogP contribution < -0.4 is 5.32 Å². The van der Waals surface area contributed by atoms with Gasteiger partial charge in [0.15, 0.2) is 5.69 Å². The van der Waals surface area contributed by atoms with Gasteiger partial charge in [-0.1, -0.05) is 0 Å². The summed E-state index contributed by atoms with van der Waals surface area (Å²) < 4.78 is 35.4. The molecule has 0 bridgehead atoms. The Labute approximate surface area is 181 Å². The molecule has 3 aromatic rings. The summed E-state index contributed by atoms with van der Waals surface area (Å²) in [6.07, 6.45) is -3.30. The van der Waals surface area contributed by atoms with Gasteiger partial charge in [-0.2, -0.15) is 18.3 Å². The lowest BCUT2D eigenvalue weighted by atomic mass is 10.2. The molecule has 0 spiro atoms. The number of hydrogen-bond acceptors (Lipinski definition) is 5. The van der Waals surface area contributed by atoms with Crippen LogP contribution in [0.5, 0.6) is 0 Å². The zero-order chi connectivity index (χ0) is 24.1. The SMILES string of the molecule is Cc1ncn(-c2ccc(NC(=O)c3cc(C)n(CCO)n3)cc2)c1C.O=C(O)C(F)(F)F. The molecule has 0 saturated heterocycles. The van der Waals surface area contributed by atoms with Gasteiger partial charge in [0.05, 0.1) is 25.2 Å². The lowest BCUT2D eigenvalue weighted by molar-refractivity contribution is -0.192. The Morgan fingerprint density at radius 3 is 2.19 bits per heavy atom. The Morgan fingerprint density at radius 1 is 1.12 bits per heavy atom. The molecular weight excluding hydrogens is 431 g/mol. The van der Waals surface area contributed by atoms with Gasteiger partial charge in [-0.15, -0.1) is 0 Å². The summed E-state index contributed by atoms with van der Waals surface area (Å²) in [6, 6.07) is 9.26. The lowest BCUT2D eigenvalue weighted by Crippen LogP contribution is -2.21. The van der Waals surface area contributed by atoms with Gasteiger partial charge in [0, 0.05) is 22.8 Å². The van der Waals surface area contributed by atoms with E-state index >= 15 is 0 Å². The number of carboxylic acids is 1. The maximum absolute atomic E-state index is 12.3. The summed E-state index contributed by atoms with van der Waals surface area (Å²) in [6.45, 7) is 6.20. The van der Waals surface area contributed by atoms with Crippen molar-refractivity contribution in [3.05, 3.63) is 59.4 Å². The largest absolute Gasteiger partial charge is 0.490 e. The Morgan fingerprint density at radius 2 is 1.72 bits per heavy atom. The van der Waals surface area contributed by atoms with Crippen LogP contribution in [0.1, 0.15) is 27.6 Å². The molecule has 0 fully saturated rings. The van der Waals surface area contributed by atoms with E-state index in [1.54, 1.807) is 17.1 Å². The van der Waals surface area contributed by atoms with Crippen LogP contribution in [0.3, 0.4) is 0 Å². The summed E-state index contributed by atoms with van der Waals surface area (Å²) in [5.74, 6) is -3.03. The monoisotopic (exact) mass is 453 g/mol. The highest BCUT2D eigenvalue weighted by molar-refractivity contribution is 6.02. The number of aromatic nitrogens is 4. The van der Waals surface area contributed by atoms with Crippen molar-refractivity contribution in [2.75, 3.05) is 11.9 Å². The van der Waals surface area contributed by atoms with Crippen LogP contribution in [0.15, 0.2) is 36.7 Å². The molecule has 0 radical (unpaired) electrons. The number of aliphatic hydroxyl groups excluding tert-OH is 1. The van der Waals surface area contributed by atoms with Crippen LogP contribution in [0.25, 0.3) is 5.69 Å². The Hall–Kier alpha value is -3.67. The lowest BCUT2D eigenvalue weighted by Gasteiger charge is -2.08. The number of imidazole rings is 1. The van der Waals surface area contributed by atoms with E-state index in [4.69, 9.17) is 15.0 Å². The van der Waals surface area contributed by atoms with Gasteiger partial charge >= 0.3 is 12.1 Å². The predicted octanol–water partition coefficient (Wildman–Crippen LogP) is 2.87. The standard InChI is InChI=1S/C18H21N5O2.C2HF3O2/c1-12-10-17(21-23(12)8-9-24)18(25)20-15-4-6-16(7-5-15)22-11-19-13(2)14(22)3;3-2(4,5)1(6)7/h4-7,10-11,24H,8-9H2,1-3H3,(H,20,25);(H,6,7). The maximum Gasteiger partial charge on any atom is 0.490 e. The first-order valence-corrected chi connectivity index (χ1v) is 9.31. The number of aliphatic hydroxyl groups is 1. The smallest absolute Gasteiger partial charge is 0.475 e. The van der Waals surface area contributed by atoms with Crippen molar-refractivity contribution in [2.24, 2.45) is 0 Å². The van der Waals surface area contributed by atoms with Gasteiger partial charge in [-0.05, 0) is 51.1 Å². The second-order valence-corrected chi connectivity index (χ2v) is 6.71. The topological polar surface area (TPSA) is 122 Å². The summed E-state index contributed by atoms with van der Waals surface area (Å²) in [7, 11) is 0. The van der Waals surface area contributed by atoms with E-state index in [-0.39, 0.29) is 12.5 Å². The minimum Gasteiger partial charge on any atom is -0.475 e. The number of alkyl halides is 3. The number of halogens is 3. The van der Waals surface area contributed by atoms with Crippen LogP contribution >= 0.6 is 0 Å². The van der Waals surface area contributed by atoms with Crippen molar-refractivity contribution < 1.29 is 33.0 Å². The number of aryl methyl sites for hydroxylation is 2. The molecule has 9 nitrogen and oxygen atoms in total. The fourth-order valence-electron chi connectivity index (χ4n) is 2.60. The Kier molecular flexibility index (Phi) is 7.76. The minimum atomic E-state index is -5.08. The average Bonchev–Trinajstić information content (AvgIpc) is 3.25. The van der Waals surface area contributed by atoms with Crippen LogP contribution in [0.2, 0.25) is 0 Å². The number of benzene rings is 1. The van der Waals surface area contributed by atoms with E-state index in [1.165, 1.54) is 0 Å². The fraction of sp³-hybridized carbons (Fsp3) is 0.300. The van der Waals surface area contributed by atoms with E-state index in [2.05, 4.69) is 15.4 Å². The molecule has 0 saturated carbocycles. The molecule has 3 N–H and O–H groups in total. The number of aliphatic carboxylic acids is 1. The summed E-state index contributed by atoms with van der Waals surface area (Å²) in [5.41, 5.74) is 4.92. The highest BCUT2D eigenvalue weighted by atomic mass is 19.4. The number of carbonyl (C=O) groups excluding carboxylic acids is 1. The minimum absolute atomic E-state index is 0.0157. The second-order valence-electron chi connectivity index (χ2n) is 6.71. The number of carboxylic acid groups (broad SMARTS) is 1. The molecule has 0 atom stereocenters. The van der Waals surface area contributed by atoms with Crippen molar-refractivity contribution in [2.45, 2.75) is 33.5 Å². The molecule has 0 aliphatic heterocycles. The van der Waals surface area contributed by atoms with Gasteiger partial charge in [0.25, 0.3) is 5.91 Å². The van der Waals surface area contributed by atoms with E-state index in [1.807, 2.05) is 49.6 Å². The van der Waals surface area contributed by atoms with E-state index < -0.39 is 12.1 Å². The highest BCUT2D eigenvalue weighted by Crippen LogP contribution is 2.17. The number of rotatable bonds is 5. The molecular formula is C20H22F3N5O4. The molecule has 172 valence electrons. The third-order valence-electron chi connectivity index (χ3n) is 4.42. The molecule has 1 amide bonds. The molecule has 3 rings (SSSR count). The zero-order valence-corrected chi connectivity index (χ0v) is 17.5. The van der Waals surface area contributed by atoms with Crippen molar-refractivity contribution >= 4 is 17.6 Å². The van der Waals surface area contributed by atoms with Gasteiger partial charge < -0.3 is 20.1 Å². The van der Waals surface area contributed by atoms with Crippen LogP contribution in [0.4, 0.5) is 18.9 Å². The second kappa shape index (κ2) is 10.1. The van der Waals surface area contributed by atoms with Gasteiger partial charge in [-0.25, -0.2) is 9.78 Å². The number of nitrogens with one attached hydrogen (secondary N) is 1. The molecule has 0 unspecified atom stereocenters. The number of nitrogens with zero attached hydrogens (tertiary/aromatic N) is 4. The van der Waals surface area contributed by atoms with E-state index in [9.17, 15) is 18.0 Å². The first-order valence-electron chi connectivity index (χ1n) is 9.31. The summed E-state index contributed by atoms with van der Waals surface area (Å²) in [5, 5.41) is 23.2. The van der Waals surface area contributed by atoms with Gasteiger partial charge in [0.2, 0.25) is 0 Å². The molecule has 0 aliphatic carbocycles. The van der Waals surface area contributed by atoms with Crippen LogP contribution in [-0.2, 0) is 11.3 Å². The van der Waals surface area contributed by atoms with Crippen LogP contribution in [-0.4, -0.2) is 54.2 Å². The number of anilines is 1. The third-order valence-corrected chi connectivity index (χ3v) is 4.42. The maximum atomic E-state index is 12.3. The van der Waals surface area contributed by atoms with E-state index in [0.717, 1.165) is 22.8 Å². The number of amides is 1. The third kappa shape index (κ3) is 6.17. The number of carbonyl (C=O) groups is 2. The van der Waals surface area contributed by atoms with Crippen LogP contribution in [0, 0.1) is 20.8 Å². The fourth-order valence-corrected chi connectivity index (χ4v) is 2.60. The first kappa shape index (κ1) is 24.6. The Balaban J connectivity index is 0.000000451. The molecule has 12 heteroatoms. The van der Waals surface area contributed by atoms with Crippen molar-refractivity contribution in [1.82, 2.24) is 19.3 Å². The Bertz CT molecular complexity index is 1090. The summed E-state index contributed by atoms with van der Waals surface area (Å²) in [4.78, 5) is 25.5. The van der Waals surface area contributed by atoms with Gasteiger partial charge in [0.1, 0.15) is 0 Å². The van der Waals surface area contributed by atoms with Gasteiger partial charge in [-0.3, -0.25) is 9.48 Å². The molecule has 2 aromatic heterocycles. The van der Waals surface area contributed by atoms with Crippen molar-refractivity contribution in [3.63, 3.8) is 0 Å². The summed E-state index contributed by atoms with van der Waals surface area (Å²) >= 11 is 0. The zero-order valence-electron chi connectivity index (χ0n) is 17.5. The molecule has 1 aromatic carbocycles. The van der Waals surface area contributed by atoms with Crippen molar-refractivity contribution in [1.29, 1.82) is 0 Å². The highest BCUT2D eigenvalue weighted by Gasteiger charge is 2.38. The van der Waals surface area contributed by atoms with Crippen molar-refractivity contribution in [3.8, 4) is 5.69 Å². The molecule has 32 heavy (non-hydrogen) atoms. The number of hydrogen-bond donors (Lipinski definition) is 3. The first-order chi connectivity index (χ1) is 14.9. The quantitative estimate of drug-likeness (QED) is 0.546. The normalized spacial score (nSPS) is 11.0. The predicted molar refractivity (Wildman–Crippen MR) is 109 cm³/mol. The average molecular weight is 453 g/mol.